The monoisotopic (exact) mass is 538 g/mol. The Kier molecular flexibility index (Phi) is 14.0. The summed E-state index contributed by atoms with van der Waals surface area (Å²) in [5.41, 5.74) is 0.605. The van der Waals surface area contributed by atoms with E-state index in [-0.39, 0.29) is 23.4 Å². The molecule has 0 aliphatic rings. The van der Waals surface area contributed by atoms with E-state index in [9.17, 15) is 9.90 Å². The molecule has 0 heterocycles. The Morgan fingerprint density at radius 3 is 2.08 bits per heavy atom. The first-order valence-electron chi connectivity index (χ1n) is 13.8. The van der Waals surface area contributed by atoms with E-state index in [4.69, 9.17) is 18.6 Å². The van der Waals surface area contributed by atoms with Crippen molar-refractivity contribution in [3.05, 3.63) is 35.9 Å². The normalized spacial score (nSPS) is 17.6. The quantitative estimate of drug-likeness (QED) is 0.159. The predicted molar refractivity (Wildman–Crippen MR) is 153 cm³/mol. The second-order valence-electron chi connectivity index (χ2n) is 13.1. The summed E-state index contributed by atoms with van der Waals surface area (Å²) in [6, 6.07) is 9.96. The molecule has 1 rings (SSSR count). The highest BCUT2D eigenvalue weighted by molar-refractivity contribution is 6.48. The van der Waals surface area contributed by atoms with E-state index in [1.54, 1.807) is 7.11 Å². The summed E-state index contributed by atoms with van der Waals surface area (Å²) in [4.78, 5) is 12.6. The molecule has 0 bridgehead atoms. The second kappa shape index (κ2) is 15.4. The smallest absolute Gasteiger partial charge is 0.313 e. The van der Waals surface area contributed by atoms with Crippen LogP contribution in [0.15, 0.2) is 30.3 Å². The van der Waals surface area contributed by atoms with Crippen LogP contribution in [0.1, 0.15) is 80.2 Å². The van der Waals surface area contributed by atoms with Crippen molar-refractivity contribution in [1.82, 2.24) is 0 Å². The largest absolute Gasteiger partial charge is 0.436 e. The molecule has 0 saturated heterocycles. The standard InChI is InChI=1S/C30H54O6Si/c1-21(19-29(3,4)5)17-25(33-9)26(34-20-23-15-13-12-14-16-23)24(31)18-22(2)27(36-37(10)11)35-28(32)30(6,7)8/h12-16,21-22,24-27,31,37H,17-20H2,1-11H3/t21-,22+,24-,25-,26+,27?/m0/s1. The number of aliphatic hydroxyl groups excluding tert-OH is 1. The van der Waals surface area contributed by atoms with Crippen LogP contribution in [-0.2, 0) is 30.0 Å². The van der Waals surface area contributed by atoms with Crippen LogP contribution in [0.5, 0.6) is 0 Å². The zero-order valence-electron chi connectivity index (χ0n) is 25.2. The fourth-order valence-corrected chi connectivity index (χ4v) is 5.44. The molecule has 0 saturated carbocycles. The summed E-state index contributed by atoms with van der Waals surface area (Å²) in [7, 11) is 0.183. The summed E-state index contributed by atoms with van der Waals surface area (Å²) in [5, 5.41) is 11.5. The van der Waals surface area contributed by atoms with E-state index in [2.05, 4.69) is 27.7 Å². The lowest BCUT2D eigenvalue weighted by molar-refractivity contribution is -0.185. The first kappa shape index (κ1) is 33.8. The number of rotatable bonds is 15. The number of hydrogen-bond acceptors (Lipinski definition) is 6. The molecule has 6 atom stereocenters. The average Bonchev–Trinajstić information content (AvgIpc) is 2.76. The van der Waals surface area contributed by atoms with Gasteiger partial charge in [-0.1, -0.05) is 65.0 Å². The van der Waals surface area contributed by atoms with E-state index in [0.29, 0.717) is 18.9 Å². The molecule has 214 valence electrons. The van der Waals surface area contributed by atoms with Crippen molar-refractivity contribution >= 4 is 15.0 Å². The van der Waals surface area contributed by atoms with Crippen molar-refractivity contribution in [2.24, 2.45) is 22.7 Å². The lowest BCUT2D eigenvalue weighted by atomic mass is 9.82. The van der Waals surface area contributed by atoms with Gasteiger partial charge in [-0.25, -0.2) is 0 Å². The number of methoxy groups -OCH3 is 1. The van der Waals surface area contributed by atoms with Crippen LogP contribution in [-0.4, -0.2) is 51.8 Å². The topological polar surface area (TPSA) is 74.2 Å². The number of hydrogen-bond donors (Lipinski definition) is 1. The maximum atomic E-state index is 12.6. The van der Waals surface area contributed by atoms with Gasteiger partial charge in [0.15, 0.2) is 15.3 Å². The third-order valence-corrected chi connectivity index (χ3v) is 7.06. The van der Waals surface area contributed by atoms with Gasteiger partial charge in [0.05, 0.1) is 24.2 Å². The minimum atomic E-state index is -1.50. The van der Waals surface area contributed by atoms with Crippen molar-refractivity contribution in [1.29, 1.82) is 0 Å². The molecule has 0 radical (unpaired) electrons. The van der Waals surface area contributed by atoms with Crippen LogP contribution in [0.25, 0.3) is 0 Å². The SMILES string of the molecule is CO[C@@H](C[C@H](C)CC(C)(C)C)[C@H](OCc1ccccc1)[C@@H](O)C[C@@H](C)C(OC(=O)C(C)(C)C)O[SiH](C)C. The predicted octanol–water partition coefficient (Wildman–Crippen LogP) is 6.35. The molecule has 0 spiro atoms. The van der Waals surface area contributed by atoms with Gasteiger partial charge in [0.25, 0.3) is 0 Å². The zero-order valence-corrected chi connectivity index (χ0v) is 26.4. The summed E-state index contributed by atoms with van der Waals surface area (Å²) in [6.45, 7) is 20.8. The van der Waals surface area contributed by atoms with Crippen LogP contribution >= 0.6 is 0 Å². The van der Waals surface area contributed by atoms with Gasteiger partial charge in [-0.3, -0.25) is 4.79 Å². The highest BCUT2D eigenvalue weighted by atomic mass is 28.3. The first-order chi connectivity index (χ1) is 17.0. The van der Waals surface area contributed by atoms with E-state index in [1.165, 1.54) is 0 Å². The van der Waals surface area contributed by atoms with Crippen LogP contribution in [0.4, 0.5) is 0 Å². The second-order valence-corrected chi connectivity index (χ2v) is 15.5. The molecule has 1 unspecified atom stereocenters. The molecule has 0 aliphatic carbocycles. The summed E-state index contributed by atoms with van der Waals surface area (Å²) >= 11 is 0. The lowest BCUT2D eigenvalue weighted by Crippen LogP contribution is -2.44. The average molecular weight is 539 g/mol. The number of carbonyl (C=O) groups is 1. The molecule has 0 aliphatic heterocycles. The molecule has 0 fully saturated rings. The number of carbonyl (C=O) groups excluding carboxylic acids is 1. The third kappa shape index (κ3) is 13.4. The van der Waals surface area contributed by atoms with E-state index in [0.717, 1.165) is 18.4 Å². The summed E-state index contributed by atoms with van der Waals surface area (Å²) in [6.07, 6.45) is -0.165. The Morgan fingerprint density at radius 1 is 1.00 bits per heavy atom. The highest BCUT2D eigenvalue weighted by Crippen LogP contribution is 2.30. The van der Waals surface area contributed by atoms with Gasteiger partial charge in [0.2, 0.25) is 0 Å². The van der Waals surface area contributed by atoms with Crippen LogP contribution in [0, 0.1) is 22.7 Å². The van der Waals surface area contributed by atoms with Crippen molar-refractivity contribution in [2.75, 3.05) is 7.11 Å². The highest BCUT2D eigenvalue weighted by Gasteiger charge is 2.36. The van der Waals surface area contributed by atoms with Gasteiger partial charge in [-0.05, 0) is 70.0 Å². The van der Waals surface area contributed by atoms with Crippen molar-refractivity contribution in [3.63, 3.8) is 0 Å². The molecule has 0 amide bonds. The number of aliphatic hydroxyl groups is 1. The molecule has 0 aromatic heterocycles. The zero-order chi connectivity index (χ0) is 28.4. The van der Waals surface area contributed by atoms with Gasteiger partial charge in [0.1, 0.15) is 6.10 Å². The number of ether oxygens (including phenoxy) is 3. The van der Waals surface area contributed by atoms with Crippen LogP contribution in [0.3, 0.4) is 0 Å². The third-order valence-electron chi connectivity index (χ3n) is 6.25. The molecule has 7 heteroatoms. The summed E-state index contributed by atoms with van der Waals surface area (Å²) < 4.78 is 24.2. The minimum Gasteiger partial charge on any atom is -0.436 e. The maximum Gasteiger partial charge on any atom is 0.313 e. The van der Waals surface area contributed by atoms with Crippen molar-refractivity contribution in [2.45, 2.75) is 119 Å². The first-order valence-corrected chi connectivity index (χ1v) is 16.5. The van der Waals surface area contributed by atoms with Crippen molar-refractivity contribution < 1.29 is 28.5 Å². The Labute approximate surface area is 228 Å². The molecule has 37 heavy (non-hydrogen) atoms. The Balaban J connectivity index is 3.09. The molecule has 1 aromatic rings. The number of benzene rings is 1. The molecular weight excluding hydrogens is 484 g/mol. The maximum absolute atomic E-state index is 12.6. The minimum absolute atomic E-state index is 0.202. The summed E-state index contributed by atoms with van der Waals surface area (Å²) in [5.74, 6) is -0.132. The van der Waals surface area contributed by atoms with E-state index < -0.39 is 33.0 Å². The molecule has 1 N–H and O–H groups in total. The van der Waals surface area contributed by atoms with Crippen LogP contribution in [0.2, 0.25) is 13.1 Å². The fourth-order valence-electron chi connectivity index (χ4n) is 4.58. The fraction of sp³-hybridized carbons (Fsp3) is 0.767. The molecular formula is C30H54O6Si. The molecule has 1 aromatic carbocycles. The Morgan fingerprint density at radius 2 is 1.59 bits per heavy atom. The Bertz CT molecular complexity index is 771. The molecule has 6 nitrogen and oxygen atoms in total. The van der Waals surface area contributed by atoms with Gasteiger partial charge >= 0.3 is 5.97 Å². The Hall–Kier alpha value is -1.25. The van der Waals surface area contributed by atoms with Gasteiger partial charge < -0.3 is 23.7 Å². The van der Waals surface area contributed by atoms with Gasteiger partial charge in [-0.15, -0.1) is 0 Å². The van der Waals surface area contributed by atoms with Crippen LogP contribution < -0.4 is 0 Å². The lowest BCUT2D eigenvalue weighted by Gasteiger charge is -2.35. The van der Waals surface area contributed by atoms with Gasteiger partial charge in [-0.2, -0.15) is 0 Å². The van der Waals surface area contributed by atoms with E-state index in [1.807, 2.05) is 71.1 Å². The van der Waals surface area contributed by atoms with Gasteiger partial charge in [0, 0.05) is 13.0 Å². The van der Waals surface area contributed by atoms with Crippen molar-refractivity contribution in [3.8, 4) is 0 Å². The number of esters is 1. The van der Waals surface area contributed by atoms with E-state index >= 15 is 0 Å².